The van der Waals surface area contributed by atoms with Gasteiger partial charge in [-0.25, -0.2) is 4.98 Å². The topological polar surface area (TPSA) is 24.9 Å². The summed E-state index contributed by atoms with van der Waals surface area (Å²) in [5.74, 6) is 0. The lowest BCUT2D eigenvalue weighted by Gasteiger charge is -2.16. The first-order chi connectivity index (χ1) is 7.76. The van der Waals surface area contributed by atoms with E-state index < -0.39 is 0 Å². The predicted molar refractivity (Wildman–Crippen MR) is 72.2 cm³/mol. The fourth-order valence-corrected chi connectivity index (χ4v) is 2.59. The molecule has 1 aromatic heterocycles. The van der Waals surface area contributed by atoms with E-state index in [9.17, 15) is 0 Å². The van der Waals surface area contributed by atoms with Crippen molar-refractivity contribution in [1.82, 2.24) is 10.3 Å². The van der Waals surface area contributed by atoms with Crippen molar-refractivity contribution in [3.05, 3.63) is 16.1 Å². The Bertz CT molecular complexity index is 283. The molecule has 1 heterocycles. The van der Waals surface area contributed by atoms with E-state index in [1.807, 2.05) is 0 Å². The summed E-state index contributed by atoms with van der Waals surface area (Å²) in [5, 5.41) is 6.94. The Balaban J connectivity index is 2.37. The largest absolute Gasteiger partial charge is 0.314 e. The van der Waals surface area contributed by atoms with Crippen molar-refractivity contribution in [3.8, 4) is 0 Å². The smallest absolute Gasteiger partial charge is 0.0897 e. The number of likely N-dealkylation sites (N-methyl/N-ethyl adjacent to an activating group) is 1. The van der Waals surface area contributed by atoms with Gasteiger partial charge in [0, 0.05) is 17.8 Å². The fraction of sp³-hybridized carbons (Fsp3) is 0.769. The van der Waals surface area contributed by atoms with Gasteiger partial charge < -0.3 is 5.32 Å². The second-order valence-electron chi connectivity index (χ2n) is 4.31. The lowest BCUT2D eigenvalue weighted by atomic mass is 10.0. The quantitative estimate of drug-likeness (QED) is 0.703. The van der Waals surface area contributed by atoms with E-state index in [0.717, 1.165) is 13.0 Å². The van der Waals surface area contributed by atoms with Gasteiger partial charge in [-0.3, -0.25) is 0 Å². The summed E-state index contributed by atoms with van der Waals surface area (Å²) >= 11 is 1.75. The van der Waals surface area contributed by atoms with Crippen LogP contribution in [0, 0.1) is 6.92 Å². The number of thiazole rings is 1. The Hall–Kier alpha value is -0.410. The van der Waals surface area contributed by atoms with E-state index in [2.05, 4.69) is 36.5 Å². The number of hydrogen-bond donors (Lipinski definition) is 1. The monoisotopic (exact) mass is 240 g/mol. The average Bonchev–Trinajstić information content (AvgIpc) is 2.65. The van der Waals surface area contributed by atoms with Crippen LogP contribution in [0.3, 0.4) is 0 Å². The van der Waals surface area contributed by atoms with Crippen LogP contribution in [-0.2, 0) is 6.42 Å². The Morgan fingerprint density at radius 1 is 1.38 bits per heavy atom. The molecule has 3 heteroatoms. The molecular weight excluding hydrogens is 216 g/mol. The highest BCUT2D eigenvalue weighted by Gasteiger charge is 2.09. The van der Waals surface area contributed by atoms with Crippen molar-refractivity contribution < 1.29 is 0 Å². The van der Waals surface area contributed by atoms with Gasteiger partial charge in [0.15, 0.2) is 0 Å². The zero-order valence-electron chi connectivity index (χ0n) is 10.8. The van der Waals surface area contributed by atoms with Gasteiger partial charge in [-0.1, -0.05) is 33.1 Å². The minimum atomic E-state index is 0.609. The summed E-state index contributed by atoms with van der Waals surface area (Å²) in [7, 11) is 0. The highest BCUT2D eigenvalue weighted by molar-refractivity contribution is 7.09. The van der Waals surface area contributed by atoms with Gasteiger partial charge in [-0.05, 0) is 19.9 Å². The average molecular weight is 240 g/mol. The van der Waals surface area contributed by atoms with E-state index in [4.69, 9.17) is 0 Å². The van der Waals surface area contributed by atoms with E-state index >= 15 is 0 Å². The molecule has 2 nitrogen and oxygen atoms in total. The first-order valence-electron chi connectivity index (χ1n) is 6.40. The SMILES string of the molecule is CCCCCC(Cc1csc(C)n1)NCC. The minimum absolute atomic E-state index is 0.609. The first-order valence-corrected chi connectivity index (χ1v) is 7.28. The standard InChI is InChI=1S/C13H24N2S/c1-4-6-7-8-12(14-5-2)9-13-10-16-11(3)15-13/h10,12,14H,4-9H2,1-3H3. The second-order valence-corrected chi connectivity index (χ2v) is 5.37. The maximum Gasteiger partial charge on any atom is 0.0897 e. The van der Waals surface area contributed by atoms with Gasteiger partial charge in [0.2, 0.25) is 0 Å². The molecule has 0 saturated heterocycles. The molecule has 0 fully saturated rings. The molecule has 1 aromatic rings. The zero-order valence-corrected chi connectivity index (χ0v) is 11.6. The van der Waals surface area contributed by atoms with E-state index in [1.165, 1.54) is 36.4 Å². The molecule has 0 amide bonds. The molecular formula is C13H24N2S. The molecule has 0 aromatic carbocycles. The van der Waals surface area contributed by atoms with Crippen LogP contribution < -0.4 is 5.32 Å². The predicted octanol–water partition coefficient (Wildman–Crippen LogP) is 3.55. The molecule has 0 aliphatic heterocycles. The summed E-state index contributed by atoms with van der Waals surface area (Å²) in [6.45, 7) is 7.57. The normalized spacial score (nSPS) is 12.9. The van der Waals surface area contributed by atoms with Gasteiger partial charge in [0.05, 0.1) is 10.7 Å². The molecule has 1 rings (SSSR count). The number of unbranched alkanes of at least 4 members (excludes halogenated alkanes) is 2. The van der Waals surface area contributed by atoms with E-state index in [1.54, 1.807) is 11.3 Å². The second kappa shape index (κ2) is 7.80. The number of nitrogens with one attached hydrogen (secondary N) is 1. The molecule has 1 N–H and O–H groups in total. The Labute approximate surface area is 103 Å². The lowest BCUT2D eigenvalue weighted by molar-refractivity contribution is 0.464. The van der Waals surface area contributed by atoms with Gasteiger partial charge in [-0.2, -0.15) is 0 Å². The van der Waals surface area contributed by atoms with Gasteiger partial charge >= 0.3 is 0 Å². The third-order valence-corrected chi connectivity index (χ3v) is 3.59. The summed E-state index contributed by atoms with van der Waals surface area (Å²) in [4.78, 5) is 4.54. The molecule has 0 aliphatic carbocycles. The van der Waals surface area contributed by atoms with Gasteiger partial charge in [-0.15, -0.1) is 11.3 Å². The third kappa shape index (κ3) is 5.08. The van der Waals surface area contributed by atoms with Crippen molar-refractivity contribution in [3.63, 3.8) is 0 Å². The van der Waals surface area contributed by atoms with E-state index in [-0.39, 0.29) is 0 Å². The molecule has 0 saturated carbocycles. The van der Waals surface area contributed by atoms with Crippen molar-refractivity contribution in [2.75, 3.05) is 6.54 Å². The number of aromatic nitrogens is 1. The summed E-state index contributed by atoms with van der Waals surface area (Å²) in [6, 6.07) is 0.609. The zero-order chi connectivity index (χ0) is 11.8. The summed E-state index contributed by atoms with van der Waals surface area (Å²) in [5.41, 5.74) is 1.25. The number of rotatable bonds is 8. The highest BCUT2D eigenvalue weighted by atomic mass is 32.1. The van der Waals surface area contributed by atoms with Crippen molar-refractivity contribution in [2.24, 2.45) is 0 Å². The number of aryl methyl sites for hydroxylation is 1. The molecule has 0 spiro atoms. The first kappa shape index (κ1) is 13.7. The van der Waals surface area contributed by atoms with Crippen molar-refractivity contribution >= 4 is 11.3 Å². The molecule has 0 bridgehead atoms. The van der Waals surface area contributed by atoms with Crippen LogP contribution in [-0.4, -0.2) is 17.6 Å². The van der Waals surface area contributed by atoms with Crippen LogP contribution in [0.15, 0.2) is 5.38 Å². The van der Waals surface area contributed by atoms with Crippen molar-refractivity contribution in [2.45, 2.75) is 58.9 Å². The van der Waals surface area contributed by atoms with Gasteiger partial charge in [0.1, 0.15) is 0 Å². The van der Waals surface area contributed by atoms with Gasteiger partial charge in [0.25, 0.3) is 0 Å². The van der Waals surface area contributed by atoms with E-state index in [0.29, 0.717) is 6.04 Å². The molecule has 92 valence electrons. The van der Waals surface area contributed by atoms with Crippen LogP contribution >= 0.6 is 11.3 Å². The van der Waals surface area contributed by atoms with Crippen molar-refractivity contribution in [1.29, 1.82) is 0 Å². The number of hydrogen-bond acceptors (Lipinski definition) is 3. The molecule has 16 heavy (non-hydrogen) atoms. The maximum absolute atomic E-state index is 4.54. The van der Waals surface area contributed by atoms with Crippen LogP contribution in [0.25, 0.3) is 0 Å². The Kier molecular flexibility index (Phi) is 6.65. The highest BCUT2D eigenvalue weighted by Crippen LogP contribution is 2.13. The molecule has 1 unspecified atom stereocenters. The molecule has 0 radical (unpaired) electrons. The maximum atomic E-state index is 4.54. The molecule has 1 atom stereocenters. The summed E-state index contributed by atoms with van der Waals surface area (Å²) in [6.07, 6.45) is 6.34. The van der Waals surface area contributed by atoms with Crippen LogP contribution in [0.4, 0.5) is 0 Å². The number of nitrogens with zero attached hydrogens (tertiary/aromatic N) is 1. The summed E-state index contributed by atoms with van der Waals surface area (Å²) < 4.78 is 0. The Morgan fingerprint density at radius 2 is 2.19 bits per heavy atom. The third-order valence-electron chi connectivity index (χ3n) is 2.77. The van der Waals surface area contributed by atoms with Crippen LogP contribution in [0.2, 0.25) is 0 Å². The van der Waals surface area contributed by atoms with Crippen LogP contribution in [0.1, 0.15) is 50.2 Å². The minimum Gasteiger partial charge on any atom is -0.314 e. The molecule has 0 aliphatic rings. The Morgan fingerprint density at radius 3 is 2.75 bits per heavy atom. The van der Waals surface area contributed by atoms with Crippen LogP contribution in [0.5, 0.6) is 0 Å². The fourth-order valence-electron chi connectivity index (χ4n) is 1.96. The lowest BCUT2D eigenvalue weighted by Crippen LogP contribution is -2.31.